The monoisotopic (exact) mass is 450 g/mol. The van der Waals surface area contributed by atoms with Gasteiger partial charge in [0.1, 0.15) is 46.5 Å². The lowest BCUT2D eigenvalue weighted by molar-refractivity contribution is 0.0888. The maximum Gasteiger partial charge on any atom is 0.181 e. The molecule has 0 aromatic heterocycles. The van der Waals surface area contributed by atoms with Crippen molar-refractivity contribution < 1.29 is 29.2 Å². The molecule has 0 bridgehead atoms. The summed E-state index contributed by atoms with van der Waals surface area (Å²) in [5.41, 5.74) is 2.51. The van der Waals surface area contributed by atoms with Gasteiger partial charge in [-0.05, 0) is 51.8 Å². The fraction of sp³-hybridized carbons (Fsp3) is 0.370. The Bertz CT molecular complexity index is 1170. The van der Waals surface area contributed by atoms with Crippen LogP contribution >= 0.6 is 0 Å². The predicted octanol–water partition coefficient (Wildman–Crippen LogP) is 5.55. The SMILES string of the molecule is CC/C(C)=C\Cc1c(O)ccc(C2COc3cc4c(c(O)c3C2=O)C=CC(C)(C)O4)c1OC. The van der Waals surface area contributed by atoms with Crippen LogP contribution in [0.2, 0.25) is 0 Å². The first-order chi connectivity index (χ1) is 15.7. The fourth-order valence-corrected chi connectivity index (χ4v) is 4.26. The third kappa shape index (κ3) is 4.06. The summed E-state index contributed by atoms with van der Waals surface area (Å²) in [5.74, 6) is 0.265. The van der Waals surface area contributed by atoms with Crippen molar-refractivity contribution in [2.45, 2.75) is 52.1 Å². The molecule has 4 rings (SSSR count). The van der Waals surface area contributed by atoms with Gasteiger partial charge in [-0.25, -0.2) is 0 Å². The zero-order valence-corrected chi connectivity index (χ0v) is 19.7. The molecule has 33 heavy (non-hydrogen) atoms. The van der Waals surface area contributed by atoms with Gasteiger partial charge < -0.3 is 24.4 Å². The maximum atomic E-state index is 13.6. The molecule has 174 valence electrons. The Morgan fingerprint density at radius 2 is 2.03 bits per heavy atom. The zero-order valence-electron chi connectivity index (χ0n) is 19.7. The fourth-order valence-electron chi connectivity index (χ4n) is 4.26. The number of methoxy groups -OCH3 is 1. The number of ether oxygens (including phenoxy) is 3. The van der Waals surface area contributed by atoms with Gasteiger partial charge in [0.15, 0.2) is 5.78 Å². The van der Waals surface area contributed by atoms with Crippen molar-refractivity contribution in [3.05, 3.63) is 58.2 Å². The molecule has 1 unspecified atom stereocenters. The molecule has 0 saturated heterocycles. The van der Waals surface area contributed by atoms with Crippen LogP contribution in [0.4, 0.5) is 0 Å². The largest absolute Gasteiger partial charge is 0.508 e. The number of ketones is 1. The van der Waals surface area contributed by atoms with Crippen molar-refractivity contribution in [1.82, 2.24) is 0 Å². The molecule has 6 nitrogen and oxygen atoms in total. The lowest BCUT2D eigenvalue weighted by Crippen LogP contribution is -2.30. The first-order valence-corrected chi connectivity index (χ1v) is 11.2. The molecule has 0 radical (unpaired) electrons. The van der Waals surface area contributed by atoms with E-state index < -0.39 is 11.5 Å². The minimum Gasteiger partial charge on any atom is -0.508 e. The average molecular weight is 451 g/mol. The molecule has 0 fully saturated rings. The topological polar surface area (TPSA) is 85.2 Å². The molecule has 0 saturated carbocycles. The summed E-state index contributed by atoms with van der Waals surface area (Å²) in [6.45, 7) is 8.02. The number of aromatic hydroxyl groups is 2. The molecule has 0 aliphatic carbocycles. The number of hydrogen-bond donors (Lipinski definition) is 2. The first-order valence-electron chi connectivity index (χ1n) is 11.2. The van der Waals surface area contributed by atoms with Crippen LogP contribution in [0.1, 0.15) is 67.1 Å². The number of phenols is 2. The van der Waals surface area contributed by atoms with Gasteiger partial charge in [-0.15, -0.1) is 0 Å². The van der Waals surface area contributed by atoms with Gasteiger partial charge >= 0.3 is 0 Å². The third-order valence-electron chi connectivity index (χ3n) is 6.32. The molecule has 2 aliphatic heterocycles. The van der Waals surface area contributed by atoms with Gasteiger partial charge in [-0.3, -0.25) is 4.79 Å². The number of allylic oxidation sites excluding steroid dienone is 2. The highest BCUT2D eigenvalue weighted by Gasteiger charge is 2.38. The molecule has 2 aromatic carbocycles. The lowest BCUT2D eigenvalue weighted by atomic mass is 9.85. The second kappa shape index (κ2) is 8.50. The van der Waals surface area contributed by atoms with Gasteiger partial charge in [0.25, 0.3) is 0 Å². The van der Waals surface area contributed by atoms with Crippen molar-refractivity contribution in [2.75, 3.05) is 13.7 Å². The summed E-state index contributed by atoms with van der Waals surface area (Å²) in [6.07, 6.45) is 7.05. The normalized spacial score (nSPS) is 18.8. The summed E-state index contributed by atoms with van der Waals surface area (Å²) in [4.78, 5) is 13.6. The van der Waals surface area contributed by atoms with E-state index in [4.69, 9.17) is 14.2 Å². The minimum absolute atomic E-state index is 0.0910. The predicted molar refractivity (Wildman–Crippen MR) is 127 cm³/mol. The average Bonchev–Trinajstić information content (AvgIpc) is 2.77. The number of carbonyl (C=O) groups excluding carboxylic acids is 1. The van der Waals surface area contributed by atoms with Gasteiger partial charge in [-0.2, -0.15) is 0 Å². The van der Waals surface area contributed by atoms with Crippen LogP contribution in [0.25, 0.3) is 6.08 Å². The van der Waals surface area contributed by atoms with Gasteiger partial charge in [-0.1, -0.05) is 24.6 Å². The highest BCUT2D eigenvalue weighted by molar-refractivity contribution is 6.08. The van der Waals surface area contributed by atoms with Crippen LogP contribution in [-0.4, -0.2) is 35.3 Å². The number of rotatable bonds is 5. The van der Waals surface area contributed by atoms with Gasteiger partial charge in [0.05, 0.1) is 18.6 Å². The number of fused-ring (bicyclic) bond motifs is 2. The molecule has 2 aromatic rings. The molecular weight excluding hydrogens is 420 g/mol. The summed E-state index contributed by atoms with van der Waals surface area (Å²) in [7, 11) is 1.53. The van der Waals surface area contributed by atoms with E-state index in [-0.39, 0.29) is 29.5 Å². The van der Waals surface area contributed by atoms with Crippen molar-refractivity contribution >= 4 is 11.9 Å². The van der Waals surface area contributed by atoms with E-state index in [9.17, 15) is 15.0 Å². The number of carbonyl (C=O) groups is 1. The quantitative estimate of drug-likeness (QED) is 0.581. The maximum absolute atomic E-state index is 13.6. The molecular formula is C27H30O6. The number of benzene rings is 2. The number of Topliss-reactive ketones (excluding diaryl/α,β-unsaturated/α-hetero) is 1. The van der Waals surface area contributed by atoms with E-state index in [0.29, 0.717) is 40.4 Å². The van der Waals surface area contributed by atoms with Crippen LogP contribution in [0, 0.1) is 0 Å². The van der Waals surface area contributed by atoms with E-state index in [0.717, 1.165) is 6.42 Å². The number of phenolic OH excluding ortho intramolecular Hbond substituents is 2. The Morgan fingerprint density at radius 1 is 1.27 bits per heavy atom. The Morgan fingerprint density at radius 3 is 2.73 bits per heavy atom. The van der Waals surface area contributed by atoms with Crippen LogP contribution in [0.3, 0.4) is 0 Å². The standard InChI is InChI=1S/C27H30O6/c1-6-15(2)7-8-17-20(28)10-9-16(26(17)31-5)19-14-32-22-13-21-18(11-12-27(3,4)33-21)24(29)23(22)25(19)30/h7,9-13,19,28-29H,6,8,14H2,1-5H3/b15-7-. The smallest absolute Gasteiger partial charge is 0.181 e. The molecule has 2 aliphatic rings. The Hall–Kier alpha value is -3.41. The van der Waals surface area contributed by atoms with E-state index in [2.05, 4.69) is 6.92 Å². The van der Waals surface area contributed by atoms with E-state index >= 15 is 0 Å². The molecule has 0 spiro atoms. The molecule has 0 amide bonds. The second-order valence-electron chi connectivity index (χ2n) is 9.07. The van der Waals surface area contributed by atoms with Crippen molar-refractivity contribution in [3.8, 4) is 28.7 Å². The molecule has 2 N–H and O–H groups in total. The Kier molecular flexibility index (Phi) is 5.87. The van der Waals surface area contributed by atoms with E-state index in [1.165, 1.54) is 12.7 Å². The summed E-state index contributed by atoms with van der Waals surface area (Å²) >= 11 is 0. The number of hydrogen-bond acceptors (Lipinski definition) is 6. The van der Waals surface area contributed by atoms with Crippen LogP contribution in [-0.2, 0) is 6.42 Å². The summed E-state index contributed by atoms with van der Waals surface area (Å²) in [5, 5.41) is 21.5. The van der Waals surface area contributed by atoms with Gasteiger partial charge in [0.2, 0.25) is 0 Å². The molecule has 6 heteroatoms. The highest BCUT2D eigenvalue weighted by atomic mass is 16.5. The van der Waals surface area contributed by atoms with Crippen LogP contribution in [0.15, 0.2) is 35.9 Å². The van der Waals surface area contributed by atoms with Gasteiger partial charge in [0, 0.05) is 17.2 Å². The third-order valence-corrected chi connectivity index (χ3v) is 6.32. The Balaban J connectivity index is 1.76. The van der Waals surface area contributed by atoms with Crippen LogP contribution < -0.4 is 14.2 Å². The molecule has 1 atom stereocenters. The molecule has 2 heterocycles. The van der Waals surface area contributed by atoms with Crippen LogP contribution in [0.5, 0.6) is 28.7 Å². The zero-order chi connectivity index (χ0) is 23.9. The summed E-state index contributed by atoms with van der Waals surface area (Å²) < 4.78 is 17.6. The van der Waals surface area contributed by atoms with Crippen molar-refractivity contribution in [2.24, 2.45) is 0 Å². The van der Waals surface area contributed by atoms with Crippen molar-refractivity contribution in [1.29, 1.82) is 0 Å². The van der Waals surface area contributed by atoms with E-state index in [1.54, 1.807) is 24.3 Å². The highest BCUT2D eigenvalue weighted by Crippen LogP contribution is 2.48. The summed E-state index contributed by atoms with van der Waals surface area (Å²) in [6, 6.07) is 4.93. The lowest BCUT2D eigenvalue weighted by Gasteiger charge is -2.32. The van der Waals surface area contributed by atoms with E-state index in [1.807, 2.05) is 32.9 Å². The minimum atomic E-state index is -0.683. The second-order valence-corrected chi connectivity index (χ2v) is 9.07. The first kappa shape index (κ1) is 22.8. The van der Waals surface area contributed by atoms with Crippen molar-refractivity contribution in [3.63, 3.8) is 0 Å². The Labute approximate surface area is 194 Å².